The maximum atomic E-state index is 5.97. The monoisotopic (exact) mass is 282 g/mol. The van der Waals surface area contributed by atoms with Gasteiger partial charge in [0, 0.05) is 42.9 Å². The van der Waals surface area contributed by atoms with E-state index < -0.39 is 0 Å². The molecule has 1 atom stereocenters. The molecular formula is C17H22N4. The minimum Gasteiger partial charge on any atom is -0.347 e. The first-order chi connectivity index (χ1) is 10.1. The van der Waals surface area contributed by atoms with E-state index in [9.17, 15) is 0 Å². The number of benzene rings is 1. The molecule has 0 spiro atoms. The second-order valence-corrected chi connectivity index (χ2v) is 5.82. The molecule has 0 amide bonds. The summed E-state index contributed by atoms with van der Waals surface area (Å²) in [6.45, 7) is 3.02. The zero-order valence-corrected chi connectivity index (χ0v) is 12.7. The normalized spacial score (nSPS) is 12.9. The molecule has 1 unspecified atom stereocenters. The van der Waals surface area contributed by atoms with Crippen LogP contribution < -0.4 is 5.73 Å². The van der Waals surface area contributed by atoms with Crippen LogP contribution in [0.15, 0.2) is 42.9 Å². The van der Waals surface area contributed by atoms with Crippen LogP contribution in [0.3, 0.4) is 0 Å². The second-order valence-electron chi connectivity index (χ2n) is 5.82. The van der Waals surface area contributed by atoms with Gasteiger partial charge in [-0.15, -0.1) is 0 Å². The minimum atomic E-state index is 0.183. The van der Waals surface area contributed by atoms with Crippen LogP contribution in [0, 0.1) is 0 Å². The zero-order chi connectivity index (χ0) is 14.8. The standard InChI is InChI=1S/C17H22N4/c1-13(18)9-15-12-21(17-6-4-3-5-16(15)17)8-7-14-10-19-20(2)11-14/h3-6,10-13H,7-9,18H2,1-2H3. The molecule has 2 heterocycles. The van der Waals surface area contributed by atoms with E-state index in [1.165, 1.54) is 22.0 Å². The lowest BCUT2D eigenvalue weighted by Gasteiger charge is -2.03. The van der Waals surface area contributed by atoms with E-state index >= 15 is 0 Å². The summed E-state index contributed by atoms with van der Waals surface area (Å²) in [5.74, 6) is 0. The maximum Gasteiger partial charge on any atom is 0.0522 e. The van der Waals surface area contributed by atoms with Crippen molar-refractivity contribution in [1.82, 2.24) is 14.3 Å². The van der Waals surface area contributed by atoms with Crippen molar-refractivity contribution in [2.24, 2.45) is 12.8 Å². The molecule has 0 fully saturated rings. The van der Waals surface area contributed by atoms with Crippen LogP contribution in [0.25, 0.3) is 10.9 Å². The molecule has 3 rings (SSSR count). The largest absolute Gasteiger partial charge is 0.347 e. The molecule has 0 aliphatic carbocycles. The SMILES string of the molecule is CC(N)Cc1cn(CCc2cnn(C)c2)c2ccccc12. The second kappa shape index (κ2) is 5.74. The van der Waals surface area contributed by atoms with E-state index in [0.29, 0.717) is 0 Å². The Labute approximate surface area is 125 Å². The van der Waals surface area contributed by atoms with E-state index in [1.54, 1.807) is 0 Å². The van der Waals surface area contributed by atoms with E-state index in [1.807, 2.05) is 17.9 Å². The van der Waals surface area contributed by atoms with Crippen LogP contribution in [0.5, 0.6) is 0 Å². The number of para-hydroxylation sites is 1. The van der Waals surface area contributed by atoms with Crippen molar-refractivity contribution in [3.05, 3.63) is 54.0 Å². The number of aromatic nitrogens is 3. The smallest absolute Gasteiger partial charge is 0.0522 e. The molecule has 3 aromatic rings. The summed E-state index contributed by atoms with van der Waals surface area (Å²) in [5.41, 5.74) is 9.87. The van der Waals surface area contributed by atoms with Gasteiger partial charge in [0.05, 0.1) is 6.20 Å². The first-order valence-electron chi connectivity index (χ1n) is 7.43. The average molecular weight is 282 g/mol. The molecule has 0 saturated heterocycles. The number of fused-ring (bicyclic) bond motifs is 1. The van der Waals surface area contributed by atoms with Gasteiger partial charge in [0.25, 0.3) is 0 Å². The van der Waals surface area contributed by atoms with Crippen molar-refractivity contribution in [1.29, 1.82) is 0 Å². The highest BCUT2D eigenvalue weighted by Gasteiger charge is 2.09. The molecule has 0 aliphatic heterocycles. The molecule has 0 bridgehead atoms. The third kappa shape index (κ3) is 3.00. The van der Waals surface area contributed by atoms with Crippen molar-refractivity contribution in [3.8, 4) is 0 Å². The number of nitrogens with zero attached hydrogens (tertiary/aromatic N) is 3. The first kappa shape index (κ1) is 13.9. The van der Waals surface area contributed by atoms with E-state index in [4.69, 9.17) is 5.73 Å². The van der Waals surface area contributed by atoms with Gasteiger partial charge in [-0.1, -0.05) is 18.2 Å². The summed E-state index contributed by atoms with van der Waals surface area (Å²) < 4.78 is 4.19. The van der Waals surface area contributed by atoms with Gasteiger partial charge < -0.3 is 10.3 Å². The molecule has 4 heteroatoms. The van der Waals surface area contributed by atoms with Gasteiger partial charge >= 0.3 is 0 Å². The fraction of sp³-hybridized carbons (Fsp3) is 0.353. The highest BCUT2D eigenvalue weighted by Crippen LogP contribution is 2.22. The number of hydrogen-bond donors (Lipinski definition) is 1. The molecule has 4 nitrogen and oxygen atoms in total. The Morgan fingerprint density at radius 3 is 2.76 bits per heavy atom. The van der Waals surface area contributed by atoms with Crippen LogP contribution in [0.4, 0.5) is 0 Å². The third-order valence-electron chi connectivity index (χ3n) is 3.81. The molecule has 0 saturated carbocycles. The molecule has 0 aliphatic rings. The lowest BCUT2D eigenvalue weighted by molar-refractivity contribution is 0.705. The maximum absolute atomic E-state index is 5.97. The molecule has 0 radical (unpaired) electrons. The van der Waals surface area contributed by atoms with E-state index in [2.05, 4.69) is 53.2 Å². The molecule has 1 aromatic carbocycles. The van der Waals surface area contributed by atoms with Gasteiger partial charge in [0.1, 0.15) is 0 Å². The van der Waals surface area contributed by atoms with Crippen LogP contribution in [0.1, 0.15) is 18.1 Å². The molecule has 2 aromatic heterocycles. The van der Waals surface area contributed by atoms with Gasteiger partial charge in [-0.3, -0.25) is 4.68 Å². The van der Waals surface area contributed by atoms with Gasteiger partial charge in [-0.2, -0.15) is 5.10 Å². The summed E-state index contributed by atoms with van der Waals surface area (Å²) in [4.78, 5) is 0. The predicted molar refractivity (Wildman–Crippen MR) is 86.2 cm³/mol. The fourth-order valence-corrected chi connectivity index (χ4v) is 2.87. The summed E-state index contributed by atoms with van der Waals surface area (Å²) in [5, 5.41) is 5.55. The third-order valence-corrected chi connectivity index (χ3v) is 3.81. The predicted octanol–water partition coefficient (Wildman–Crippen LogP) is 2.51. The molecule has 110 valence electrons. The highest BCUT2D eigenvalue weighted by atomic mass is 15.2. The lowest BCUT2D eigenvalue weighted by Crippen LogP contribution is -2.17. The topological polar surface area (TPSA) is 48.8 Å². The van der Waals surface area contributed by atoms with Gasteiger partial charge in [0.2, 0.25) is 0 Å². The highest BCUT2D eigenvalue weighted by molar-refractivity contribution is 5.84. The van der Waals surface area contributed by atoms with Crippen LogP contribution >= 0.6 is 0 Å². The van der Waals surface area contributed by atoms with Crippen molar-refractivity contribution < 1.29 is 0 Å². The van der Waals surface area contributed by atoms with Crippen molar-refractivity contribution >= 4 is 10.9 Å². The average Bonchev–Trinajstić information content (AvgIpc) is 3.01. The van der Waals surface area contributed by atoms with E-state index in [0.717, 1.165) is 19.4 Å². The summed E-state index contributed by atoms with van der Waals surface area (Å²) >= 11 is 0. The Hall–Kier alpha value is -2.07. The molecule has 21 heavy (non-hydrogen) atoms. The van der Waals surface area contributed by atoms with Gasteiger partial charge in [0.15, 0.2) is 0 Å². The van der Waals surface area contributed by atoms with Crippen LogP contribution in [0.2, 0.25) is 0 Å². The Balaban J connectivity index is 1.87. The number of aryl methyl sites for hydroxylation is 3. The van der Waals surface area contributed by atoms with Crippen molar-refractivity contribution in [3.63, 3.8) is 0 Å². The minimum absolute atomic E-state index is 0.183. The number of hydrogen-bond acceptors (Lipinski definition) is 2. The molecule has 2 N–H and O–H groups in total. The quantitative estimate of drug-likeness (QED) is 0.781. The Morgan fingerprint density at radius 2 is 2.05 bits per heavy atom. The summed E-state index contributed by atoms with van der Waals surface area (Å²) in [6.07, 6.45) is 8.18. The fourth-order valence-electron chi connectivity index (χ4n) is 2.87. The Morgan fingerprint density at radius 1 is 1.24 bits per heavy atom. The summed E-state index contributed by atoms with van der Waals surface area (Å²) in [7, 11) is 1.95. The van der Waals surface area contributed by atoms with Gasteiger partial charge in [-0.05, 0) is 37.0 Å². The Bertz CT molecular complexity index is 736. The van der Waals surface area contributed by atoms with Crippen LogP contribution in [-0.4, -0.2) is 20.4 Å². The zero-order valence-electron chi connectivity index (χ0n) is 12.7. The molecular weight excluding hydrogens is 260 g/mol. The van der Waals surface area contributed by atoms with Crippen molar-refractivity contribution in [2.45, 2.75) is 32.4 Å². The van der Waals surface area contributed by atoms with Gasteiger partial charge in [-0.25, -0.2) is 0 Å². The van der Waals surface area contributed by atoms with Crippen LogP contribution in [-0.2, 0) is 26.4 Å². The first-order valence-corrected chi connectivity index (χ1v) is 7.43. The van der Waals surface area contributed by atoms with Crippen molar-refractivity contribution in [2.75, 3.05) is 0 Å². The number of nitrogens with two attached hydrogens (primary N) is 1. The van der Waals surface area contributed by atoms with E-state index in [-0.39, 0.29) is 6.04 Å². The number of rotatable bonds is 5. The Kier molecular flexibility index (Phi) is 3.80. The summed E-state index contributed by atoms with van der Waals surface area (Å²) in [6, 6.07) is 8.75. The lowest BCUT2D eigenvalue weighted by atomic mass is 10.1.